The van der Waals surface area contributed by atoms with Gasteiger partial charge in [-0.3, -0.25) is 9.59 Å². The van der Waals surface area contributed by atoms with Gasteiger partial charge < -0.3 is 19.4 Å². The van der Waals surface area contributed by atoms with E-state index < -0.39 is 0 Å². The molecule has 1 saturated heterocycles. The van der Waals surface area contributed by atoms with Gasteiger partial charge in [0.15, 0.2) is 5.76 Å². The molecule has 3 rings (SSSR count). The fraction of sp³-hybridized carbons (Fsp3) is 0.455. The van der Waals surface area contributed by atoms with Crippen molar-refractivity contribution in [3.63, 3.8) is 0 Å². The van der Waals surface area contributed by atoms with Gasteiger partial charge in [0.1, 0.15) is 12.4 Å². The molecule has 0 unspecified atom stereocenters. The summed E-state index contributed by atoms with van der Waals surface area (Å²) in [4.78, 5) is 26.7. The molecule has 1 aromatic carbocycles. The van der Waals surface area contributed by atoms with E-state index >= 15 is 0 Å². The maximum Gasteiger partial charge on any atom is 0.289 e. The minimum Gasteiger partial charge on any atom is -0.453 e. The minimum absolute atomic E-state index is 0.00334. The Labute approximate surface area is 176 Å². The Bertz CT molecular complexity index is 836. The van der Waals surface area contributed by atoms with Crippen LogP contribution in [-0.2, 0) is 22.7 Å². The van der Waals surface area contributed by atoms with Crippen molar-refractivity contribution in [2.75, 3.05) is 20.2 Å². The number of hydrogen-bond acceptors (Lipinski definition) is 4. The highest BCUT2D eigenvalue weighted by atomic mass is 35.5. The lowest BCUT2D eigenvalue weighted by Gasteiger charge is -2.32. The van der Waals surface area contributed by atoms with Crippen LogP contribution in [-0.4, -0.2) is 36.9 Å². The summed E-state index contributed by atoms with van der Waals surface area (Å²) in [7, 11) is 1.59. The molecule has 29 heavy (non-hydrogen) atoms. The van der Waals surface area contributed by atoms with E-state index in [0.29, 0.717) is 55.1 Å². The lowest BCUT2D eigenvalue weighted by atomic mass is 9.93. The first-order chi connectivity index (χ1) is 14.1. The Morgan fingerprint density at radius 2 is 2.10 bits per heavy atom. The molecule has 2 amide bonds. The largest absolute Gasteiger partial charge is 0.453 e. The molecule has 156 valence electrons. The highest BCUT2D eigenvalue weighted by molar-refractivity contribution is 6.31. The fourth-order valence-electron chi connectivity index (χ4n) is 3.61. The maximum atomic E-state index is 12.7. The number of nitrogens with one attached hydrogen (secondary N) is 1. The second-order valence-corrected chi connectivity index (χ2v) is 7.77. The Morgan fingerprint density at radius 3 is 2.90 bits per heavy atom. The molecule has 1 atom stereocenters. The number of rotatable bonds is 8. The van der Waals surface area contributed by atoms with Crippen LogP contribution in [0.25, 0.3) is 0 Å². The average Bonchev–Trinajstić information content (AvgIpc) is 3.20. The summed E-state index contributed by atoms with van der Waals surface area (Å²) < 4.78 is 10.6. The molecule has 1 aliphatic rings. The average molecular weight is 419 g/mol. The summed E-state index contributed by atoms with van der Waals surface area (Å²) in [6.45, 7) is 2.14. The molecular formula is C22H27ClN2O4. The summed E-state index contributed by atoms with van der Waals surface area (Å²) in [5.41, 5.74) is 0.906. The Kier molecular flexibility index (Phi) is 7.72. The summed E-state index contributed by atoms with van der Waals surface area (Å²) in [5, 5.41) is 3.58. The molecule has 1 fully saturated rings. The van der Waals surface area contributed by atoms with Gasteiger partial charge in [-0.25, -0.2) is 0 Å². The molecule has 0 radical (unpaired) electrons. The van der Waals surface area contributed by atoms with Crippen LogP contribution in [0.2, 0.25) is 5.02 Å². The summed E-state index contributed by atoms with van der Waals surface area (Å²) in [5.74, 6) is 1.20. The van der Waals surface area contributed by atoms with Crippen molar-refractivity contribution >= 4 is 23.4 Å². The predicted octanol–water partition coefficient (Wildman–Crippen LogP) is 4.03. The van der Waals surface area contributed by atoms with Gasteiger partial charge in [0.2, 0.25) is 5.91 Å². The van der Waals surface area contributed by atoms with Gasteiger partial charge in [0, 0.05) is 38.2 Å². The summed E-state index contributed by atoms with van der Waals surface area (Å²) >= 11 is 6.12. The van der Waals surface area contributed by atoms with Crippen molar-refractivity contribution in [1.82, 2.24) is 10.2 Å². The number of nitrogens with zero attached hydrogens (tertiary/aromatic N) is 1. The summed E-state index contributed by atoms with van der Waals surface area (Å²) in [6.07, 6.45) is 3.15. The number of carbonyl (C=O) groups is 2. The maximum absolute atomic E-state index is 12.7. The van der Waals surface area contributed by atoms with Crippen molar-refractivity contribution in [1.29, 1.82) is 0 Å². The second kappa shape index (κ2) is 10.5. The number of furan rings is 1. The molecule has 2 aromatic rings. The highest BCUT2D eigenvalue weighted by Gasteiger charge is 2.26. The molecule has 1 aliphatic heterocycles. The van der Waals surface area contributed by atoms with Gasteiger partial charge in [0.05, 0.1) is 0 Å². The first kappa shape index (κ1) is 21.4. The number of halogens is 1. The SMILES string of the molecule is COCc1ccc(C(=O)N2CCC[C@@H](CCC(=O)NCc3ccccc3Cl)C2)o1. The highest BCUT2D eigenvalue weighted by Crippen LogP contribution is 2.23. The first-order valence-electron chi connectivity index (χ1n) is 9.94. The van der Waals surface area contributed by atoms with Gasteiger partial charge >= 0.3 is 0 Å². The molecule has 6 nitrogen and oxygen atoms in total. The molecule has 0 spiro atoms. The zero-order chi connectivity index (χ0) is 20.6. The molecule has 0 aliphatic carbocycles. The molecule has 7 heteroatoms. The van der Waals surface area contributed by atoms with Gasteiger partial charge in [-0.1, -0.05) is 29.8 Å². The Morgan fingerprint density at radius 1 is 1.28 bits per heavy atom. The van der Waals surface area contributed by atoms with E-state index in [1.54, 1.807) is 19.2 Å². The second-order valence-electron chi connectivity index (χ2n) is 7.37. The number of hydrogen-bond donors (Lipinski definition) is 1. The van der Waals surface area contributed by atoms with Crippen LogP contribution in [0.3, 0.4) is 0 Å². The van der Waals surface area contributed by atoms with Crippen LogP contribution in [0.15, 0.2) is 40.8 Å². The third kappa shape index (κ3) is 6.08. The van der Waals surface area contributed by atoms with E-state index in [1.807, 2.05) is 29.2 Å². The van der Waals surface area contributed by atoms with Crippen molar-refractivity contribution < 1.29 is 18.7 Å². The quantitative estimate of drug-likeness (QED) is 0.702. The number of amides is 2. The van der Waals surface area contributed by atoms with Crippen LogP contribution in [0, 0.1) is 5.92 Å². The van der Waals surface area contributed by atoms with Gasteiger partial charge in [0.25, 0.3) is 5.91 Å². The number of benzene rings is 1. The third-order valence-corrected chi connectivity index (χ3v) is 5.55. The van der Waals surface area contributed by atoms with Gasteiger partial charge in [-0.2, -0.15) is 0 Å². The number of methoxy groups -OCH3 is 1. The lowest BCUT2D eigenvalue weighted by molar-refractivity contribution is -0.121. The van der Waals surface area contributed by atoms with Crippen LogP contribution in [0.5, 0.6) is 0 Å². The number of piperidine rings is 1. The minimum atomic E-state index is -0.0970. The van der Waals surface area contributed by atoms with Crippen LogP contribution in [0.4, 0.5) is 0 Å². The zero-order valence-corrected chi connectivity index (χ0v) is 17.4. The van der Waals surface area contributed by atoms with Crippen molar-refractivity contribution in [3.8, 4) is 0 Å². The van der Waals surface area contributed by atoms with E-state index in [9.17, 15) is 9.59 Å². The standard InChI is InChI=1S/C22H27ClN2O4/c1-28-15-18-9-10-20(29-18)22(27)25-12-4-5-16(14-25)8-11-21(26)24-13-17-6-2-3-7-19(17)23/h2-3,6-7,9-10,16H,4-5,8,11-15H2,1H3,(H,24,26)/t16-/m0/s1. The van der Waals surface area contributed by atoms with E-state index in [-0.39, 0.29) is 11.8 Å². The fourth-order valence-corrected chi connectivity index (χ4v) is 3.82. The van der Waals surface area contributed by atoms with Gasteiger partial charge in [-0.15, -0.1) is 0 Å². The number of likely N-dealkylation sites (tertiary alicyclic amines) is 1. The topological polar surface area (TPSA) is 71.8 Å². The molecule has 0 saturated carbocycles. The molecular weight excluding hydrogens is 392 g/mol. The van der Waals surface area contributed by atoms with Crippen molar-refractivity contribution in [2.24, 2.45) is 5.92 Å². The molecule has 1 N–H and O–H groups in total. The Balaban J connectivity index is 1.44. The Hall–Kier alpha value is -2.31. The normalized spacial score (nSPS) is 16.6. The van der Waals surface area contributed by atoms with Crippen LogP contribution in [0.1, 0.15) is 47.6 Å². The third-order valence-electron chi connectivity index (χ3n) is 5.18. The smallest absolute Gasteiger partial charge is 0.289 e. The van der Waals surface area contributed by atoms with Crippen LogP contribution >= 0.6 is 11.6 Å². The van der Waals surface area contributed by atoms with Crippen molar-refractivity contribution in [3.05, 3.63) is 58.5 Å². The number of carbonyl (C=O) groups excluding carboxylic acids is 2. The lowest BCUT2D eigenvalue weighted by Crippen LogP contribution is -2.40. The van der Waals surface area contributed by atoms with Crippen molar-refractivity contribution in [2.45, 2.75) is 38.8 Å². The van der Waals surface area contributed by atoms with Gasteiger partial charge in [-0.05, 0) is 48.9 Å². The van der Waals surface area contributed by atoms with E-state index in [0.717, 1.165) is 24.8 Å². The zero-order valence-electron chi connectivity index (χ0n) is 16.7. The van der Waals surface area contributed by atoms with E-state index in [4.69, 9.17) is 20.8 Å². The molecule has 1 aromatic heterocycles. The first-order valence-corrected chi connectivity index (χ1v) is 10.3. The molecule has 0 bridgehead atoms. The van der Waals surface area contributed by atoms with E-state index in [1.165, 1.54) is 0 Å². The predicted molar refractivity (Wildman–Crippen MR) is 111 cm³/mol. The number of ether oxygens (including phenoxy) is 1. The molecule has 2 heterocycles. The van der Waals surface area contributed by atoms with E-state index in [2.05, 4.69) is 5.32 Å². The van der Waals surface area contributed by atoms with Crippen LogP contribution < -0.4 is 5.32 Å². The monoisotopic (exact) mass is 418 g/mol. The summed E-state index contributed by atoms with van der Waals surface area (Å²) in [6, 6.07) is 10.9.